The van der Waals surface area contributed by atoms with Crippen LogP contribution in [-0.2, 0) is 0 Å². The summed E-state index contributed by atoms with van der Waals surface area (Å²) < 4.78 is 18.7. The fourth-order valence-corrected chi connectivity index (χ4v) is 1.56. The molecule has 1 heterocycles. The molecule has 2 rings (SSSR count). The van der Waals surface area contributed by atoms with E-state index in [1.807, 2.05) is 18.0 Å². The number of aromatic nitrogens is 2. The van der Waals surface area contributed by atoms with E-state index in [4.69, 9.17) is 10.00 Å². The zero-order valence-corrected chi connectivity index (χ0v) is 11.0. The van der Waals surface area contributed by atoms with Gasteiger partial charge >= 0.3 is 0 Å². The summed E-state index contributed by atoms with van der Waals surface area (Å²) in [5.41, 5.74) is 0.268. The van der Waals surface area contributed by atoms with Crippen LogP contribution in [0.5, 0.6) is 5.75 Å². The van der Waals surface area contributed by atoms with Gasteiger partial charge in [0, 0.05) is 7.05 Å². The quantitative estimate of drug-likeness (QED) is 0.833. The van der Waals surface area contributed by atoms with Crippen LogP contribution >= 0.6 is 0 Å². The van der Waals surface area contributed by atoms with Crippen molar-refractivity contribution in [3.8, 4) is 11.8 Å². The topological polar surface area (TPSA) is 62.0 Å². The minimum Gasteiger partial charge on any atom is -0.489 e. The van der Waals surface area contributed by atoms with Crippen LogP contribution in [0.25, 0.3) is 0 Å². The lowest BCUT2D eigenvalue weighted by Crippen LogP contribution is -2.25. The van der Waals surface area contributed by atoms with Crippen molar-refractivity contribution in [3.63, 3.8) is 0 Å². The number of para-hydroxylation sites is 1. The van der Waals surface area contributed by atoms with Crippen molar-refractivity contribution >= 4 is 5.82 Å². The summed E-state index contributed by atoms with van der Waals surface area (Å²) in [6, 6.07) is 11.5. The van der Waals surface area contributed by atoms with Gasteiger partial charge in [0.05, 0.1) is 6.54 Å². The normalized spacial score (nSPS) is 9.85. The Kier molecular flexibility index (Phi) is 4.45. The fourth-order valence-electron chi connectivity index (χ4n) is 1.56. The highest BCUT2D eigenvalue weighted by Gasteiger charge is 2.05. The van der Waals surface area contributed by atoms with E-state index in [9.17, 15) is 4.39 Å². The Labute approximate surface area is 116 Å². The molecule has 0 amide bonds. The van der Waals surface area contributed by atoms with Crippen molar-refractivity contribution in [2.75, 3.05) is 25.1 Å². The van der Waals surface area contributed by atoms with E-state index >= 15 is 0 Å². The number of nitriles is 1. The second-order valence-corrected chi connectivity index (χ2v) is 4.09. The second-order valence-electron chi connectivity index (χ2n) is 4.09. The third-order valence-corrected chi connectivity index (χ3v) is 2.68. The number of nitrogens with zero attached hydrogens (tertiary/aromatic N) is 4. The van der Waals surface area contributed by atoms with Gasteiger partial charge in [-0.2, -0.15) is 5.26 Å². The number of hydrogen-bond donors (Lipinski definition) is 0. The summed E-state index contributed by atoms with van der Waals surface area (Å²) in [7, 11) is 1.82. The number of likely N-dealkylation sites (N-methyl/N-ethyl adjacent to an activating group) is 1. The molecule has 102 valence electrons. The summed E-state index contributed by atoms with van der Waals surface area (Å²) in [5, 5.41) is 16.3. The number of anilines is 1. The van der Waals surface area contributed by atoms with Crippen molar-refractivity contribution in [3.05, 3.63) is 47.9 Å². The first kappa shape index (κ1) is 13.7. The standard InChI is InChI=1S/C14H13FN4O/c1-19(14-7-6-11(10-16)17-18-14)8-9-20-13-5-3-2-4-12(13)15/h2-7H,8-9H2,1H3. The zero-order chi connectivity index (χ0) is 14.4. The molecule has 0 bridgehead atoms. The van der Waals surface area contributed by atoms with E-state index < -0.39 is 0 Å². The Bertz CT molecular complexity index is 609. The van der Waals surface area contributed by atoms with Crippen molar-refractivity contribution in [1.29, 1.82) is 5.26 Å². The number of hydrogen-bond acceptors (Lipinski definition) is 5. The molecule has 0 fully saturated rings. The number of rotatable bonds is 5. The first-order chi connectivity index (χ1) is 9.70. The average molecular weight is 272 g/mol. The summed E-state index contributed by atoms with van der Waals surface area (Å²) >= 11 is 0. The molecule has 0 unspecified atom stereocenters. The third-order valence-electron chi connectivity index (χ3n) is 2.68. The van der Waals surface area contributed by atoms with Crippen LogP contribution in [0.1, 0.15) is 5.69 Å². The average Bonchev–Trinajstić information content (AvgIpc) is 2.49. The van der Waals surface area contributed by atoms with Crippen molar-refractivity contribution in [2.24, 2.45) is 0 Å². The Morgan fingerprint density at radius 3 is 2.70 bits per heavy atom. The summed E-state index contributed by atoms with van der Waals surface area (Å²) in [6.45, 7) is 0.841. The third kappa shape index (κ3) is 3.42. The number of halogens is 1. The van der Waals surface area contributed by atoms with Gasteiger partial charge in [0.2, 0.25) is 0 Å². The van der Waals surface area contributed by atoms with E-state index in [0.29, 0.717) is 19.0 Å². The van der Waals surface area contributed by atoms with Crippen LogP contribution in [0.3, 0.4) is 0 Å². The summed E-state index contributed by atoms with van der Waals surface area (Å²) in [5.74, 6) is 0.473. The first-order valence-electron chi connectivity index (χ1n) is 6.03. The van der Waals surface area contributed by atoms with E-state index in [2.05, 4.69) is 10.2 Å². The Morgan fingerprint density at radius 2 is 2.05 bits per heavy atom. The maximum atomic E-state index is 13.3. The maximum Gasteiger partial charge on any atom is 0.165 e. The smallest absolute Gasteiger partial charge is 0.165 e. The van der Waals surface area contributed by atoms with E-state index in [1.54, 1.807) is 30.3 Å². The van der Waals surface area contributed by atoms with E-state index in [-0.39, 0.29) is 17.3 Å². The van der Waals surface area contributed by atoms with E-state index in [1.165, 1.54) is 6.07 Å². The predicted molar refractivity (Wildman–Crippen MR) is 71.9 cm³/mol. The number of benzene rings is 1. The molecular weight excluding hydrogens is 259 g/mol. The highest BCUT2D eigenvalue weighted by molar-refractivity contribution is 5.37. The van der Waals surface area contributed by atoms with Gasteiger partial charge in [-0.05, 0) is 24.3 Å². The number of ether oxygens (including phenoxy) is 1. The Balaban J connectivity index is 1.87. The van der Waals surface area contributed by atoms with Crippen LogP contribution in [0.15, 0.2) is 36.4 Å². The largest absolute Gasteiger partial charge is 0.489 e. The van der Waals surface area contributed by atoms with Crippen LogP contribution < -0.4 is 9.64 Å². The van der Waals surface area contributed by atoms with Gasteiger partial charge in [0.25, 0.3) is 0 Å². The minimum absolute atomic E-state index is 0.229. The van der Waals surface area contributed by atoms with Crippen LogP contribution in [0.4, 0.5) is 10.2 Å². The van der Waals surface area contributed by atoms with Crippen LogP contribution in [-0.4, -0.2) is 30.4 Å². The lowest BCUT2D eigenvalue weighted by Gasteiger charge is -2.17. The van der Waals surface area contributed by atoms with Crippen LogP contribution in [0.2, 0.25) is 0 Å². The van der Waals surface area contributed by atoms with Gasteiger partial charge in [-0.15, -0.1) is 10.2 Å². The molecule has 20 heavy (non-hydrogen) atoms. The maximum absolute atomic E-state index is 13.3. The van der Waals surface area contributed by atoms with Crippen molar-refractivity contribution < 1.29 is 9.13 Å². The van der Waals surface area contributed by atoms with Gasteiger partial charge in [-0.3, -0.25) is 0 Å². The molecule has 2 aromatic rings. The molecule has 1 aromatic carbocycles. The lowest BCUT2D eigenvalue weighted by atomic mass is 10.3. The second kappa shape index (κ2) is 6.48. The van der Waals surface area contributed by atoms with Gasteiger partial charge in [0.1, 0.15) is 12.7 Å². The summed E-state index contributed by atoms with van der Waals surface area (Å²) in [4.78, 5) is 1.81. The predicted octanol–water partition coefficient (Wildman–Crippen LogP) is 2.00. The SMILES string of the molecule is CN(CCOc1ccccc1F)c1ccc(C#N)nn1. The highest BCUT2D eigenvalue weighted by atomic mass is 19.1. The monoisotopic (exact) mass is 272 g/mol. The molecule has 6 heteroatoms. The molecule has 5 nitrogen and oxygen atoms in total. The molecular formula is C14H13FN4O. The molecule has 0 aliphatic heterocycles. The molecule has 0 aliphatic rings. The molecule has 0 saturated heterocycles. The van der Waals surface area contributed by atoms with E-state index in [0.717, 1.165) is 0 Å². The Morgan fingerprint density at radius 1 is 1.25 bits per heavy atom. The molecule has 0 spiro atoms. The molecule has 0 radical (unpaired) electrons. The Hall–Kier alpha value is -2.68. The molecule has 0 aliphatic carbocycles. The molecule has 0 saturated carbocycles. The van der Waals surface area contributed by atoms with Crippen molar-refractivity contribution in [2.45, 2.75) is 0 Å². The first-order valence-corrected chi connectivity index (χ1v) is 6.03. The van der Waals surface area contributed by atoms with Gasteiger partial charge in [-0.1, -0.05) is 12.1 Å². The molecule has 1 aromatic heterocycles. The van der Waals surface area contributed by atoms with Crippen LogP contribution in [0, 0.1) is 17.1 Å². The van der Waals surface area contributed by atoms with Gasteiger partial charge in [-0.25, -0.2) is 4.39 Å². The molecule has 0 N–H and O–H groups in total. The molecule has 0 atom stereocenters. The van der Waals surface area contributed by atoms with Gasteiger partial charge < -0.3 is 9.64 Å². The van der Waals surface area contributed by atoms with Gasteiger partial charge in [0.15, 0.2) is 23.1 Å². The summed E-state index contributed by atoms with van der Waals surface area (Å²) in [6.07, 6.45) is 0. The highest BCUT2D eigenvalue weighted by Crippen LogP contribution is 2.15. The zero-order valence-electron chi connectivity index (χ0n) is 11.0. The minimum atomic E-state index is -0.381. The van der Waals surface area contributed by atoms with Crippen molar-refractivity contribution in [1.82, 2.24) is 10.2 Å². The fraction of sp³-hybridized carbons (Fsp3) is 0.214. The lowest BCUT2D eigenvalue weighted by molar-refractivity contribution is 0.309.